The number of aryl methyl sites for hydroxylation is 1. The highest BCUT2D eigenvalue weighted by Crippen LogP contribution is 2.26. The van der Waals surface area contributed by atoms with Crippen molar-refractivity contribution >= 4 is 23.7 Å². The summed E-state index contributed by atoms with van der Waals surface area (Å²) < 4.78 is 10.5. The molecule has 0 aliphatic carbocycles. The molecule has 3 rings (SSSR count). The summed E-state index contributed by atoms with van der Waals surface area (Å²) in [6, 6.07) is 19.2. The van der Waals surface area contributed by atoms with Gasteiger partial charge in [0.05, 0.1) is 31.7 Å². The number of hydrogen-bond donors (Lipinski definition) is 2. The maximum absolute atomic E-state index is 12.6. The first-order valence-corrected chi connectivity index (χ1v) is 9.54. The second kappa shape index (κ2) is 10.1. The molecule has 0 aliphatic heterocycles. The Kier molecular flexibility index (Phi) is 7.01. The van der Waals surface area contributed by atoms with Crippen molar-refractivity contribution in [3.05, 3.63) is 89.0 Å². The lowest BCUT2D eigenvalue weighted by Crippen LogP contribution is -2.21. The van der Waals surface area contributed by atoms with Gasteiger partial charge in [-0.15, -0.1) is 0 Å². The Morgan fingerprint density at radius 1 is 0.871 bits per heavy atom. The van der Waals surface area contributed by atoms with Gasteiger partial charge in [0.25, 0.3) is 11.8 Å². The number of carbonyl (C=O) groups is 2. The zero-order chi connectivity index (χ0) is 22.2. The standard InChI is InChI=1S/C24H23N3O4/c1-16-7-6-8-18(13-16)23(28)26-20-10-5-4-9-19(20)24(29)27-25-15-17-11-12-21(30-2)22(14-17)31-3/h4-15H,1-3H3,(H,26,28)(H,27,29)/b25-15-. The van der Waals surface area contributed by atoms with E-state index in [0.717, 1.165) is 11.1 Å². The summed E-state index contributed by atoms with van der Waals surface area (Å²) in [5.74, 6) is 0.415. The number of para-hydroxylation sites is 1. The molecule has 0 aliphatic rings. The van der Waals surface area contributed by atoms with Gasteiger partial charge in [-0.1, -0.05) is 29.8 Å². The van der Waals surface area contributed by atoms with Crippen molar-refractivity contribution in [2.45, 2.75) is 6.92 Å². The number of anilines is 1. The lowest BCUT2D eigenvalue weighted by atomic mass is 10.1. The predicted octanol–water partition coefficient (Wildman–Crippen LogP) is 4.03. The third kappa shape index (κ3) is 5.48. The Hall–Kier alpha value is -4.13. The highest BCUT2D eigenvalue weighted by Gasteiger charge is 2.14. The Morgan fingerprint density at radius 2 is 1.65 bits per heavy atom. The van der Waals surface area contributed by atoms with Crippen LogP contribution in [0.4, 0.5) is 5.69 Å². The van der Waals surface area contributed by atoms with Gasteiger partial charge in [0.2, 0.25) is 0 Å². The number of hydrazone groups is 1. The number of benzene rings is 3. The van der Waals surface area contributed by atoms with Crippen molar-refractivity contribution in [1.82, 2.24) is 5.43 Å². The van der Waals surface area contributed by atoms with E-state index in [9.17, 15) is 9.59 Å². The first-order valence-electron chi connectivity index (χ1n) is 9.54. The minimum Gasteiger partial charge on any atom is -0.493 e. The lowest BCUT2D eigenvalue weighted by Gasteiger charge is -2.10. The molecule has 3 aromatic rings. The molecule has 0 saturated carbocycles. The van der Waals surface area contributed by atoms with Gasteiger partial charge in [-0.05, 0) is 55.0 Å². The van der Waals surface area contributed by atoms with Crippen LogP contribution in [0.5, 0.6) is 11.5 Å². The summed E-state index contributed by atoms with van der Waals surface area (Å²) in [5, 5.41) is 6.79. The summed E-state index contributed by atoms with van der Waals surface area (Å²) in [6.07, 6.45) is 1.49. The fraction of sp³-hybridized carbons (Fsp3) is 0.125. The molecule has 3 aromatic carbocycles. The molecule has 31 heavy (non-hydrogen) atoms. The largest absolute Gasteiger partial charge is 0.493 e. The molecule has 158 valence electrons. The highest BCUT2D eigenvalue weighted by molar-refractivity contribution is 6.09. The average Bonchev–Trinajstić information content (AvgIpc) is 2.79. The fourth-order valence-electron chi connectivity index (χ4n) is 2.93. The molecule has 0 heterocycles. The molecule has 0 atom stereocenters. The number of hydrogen-bond acceptors (Lipinski definition) is 5. The molecular formula is C24H23N3O4. The third-order valence-electron chi connectivity index (χ3n) is 4.49. The highest BCUT2D eigenvalue weighted by atomic mass is 16.5. The molecule has 0 bridgehead atoms. The predicted molar refractivity (Wildman–Crippen MR) is 120 cm³/mol. The Bertz CT molecular complexity index is 1130. The van der Waals surface area contributed by atoms with Crippen molar-refractivity contribution in [2.24, 2.45) is 5.10 Å². The van der Waals surface area contributed by atoms with Crippen molar-refractivity contribution in [3.8, 4) is 11.5 Å². The van der Waals surface area contributed by atoms with Gasteiger partial charge in [0.1, 0.15) is 0 Å². The van der Waals surface area contributed by atoms with Crippen LogP contribution in [0, 0.1) is 6.92 Å². The molecule has 7 nitrogen and oxygen atoms in total. The van der Waals surface area contributed by atoms with Gasteiger partial charge in [0, 0.05) is 5.56 Å². The zero-order valence-electron chi connectivity index (χ0n) is 17.5. The van der Waals surface area contributed by atoms with Crippen LogP contribution in [-0.2, 0) is 0 Å². The van der Waals surface area contributed by atoms with E-state index in [1.165, 1.54) is 6.21 Å². The van der Waals surface area contributed by atoms with Crippen LogP contribution in [0.2, 0.25) is 0 Å². The first kappa shape index (κ1) is 21.6. The Morgan fingerprint density at radius 3 is 2.39 bits per heavy atom. The maximum atomic E-state index is 12.6. The molecule has 0 radical (unpaired) electrons. The van der Waals surface area contributed by atoms with Gasteiger partial charge in [-0.25, -0.2) is 5.43 Å². The maximum Gasteiger partial charge on any atom is 0.273 e. The fourth-order valence-corrected chi connectivity index (χ4v) is 2.93. The summed E-state index contributed by atoms with van der Waals surface area (Å²) in [4.78, 5) is 25.2. The minimum absolute atomic E-state index is 0.294. The topological polar surface area (TPSA) is 89.0 Å². The molecule has 0 fully saturated rings. The van der Waals surface area contributed by atoms with Gasteiger partial charge >= 0.3 is 0 Å². The van der Waals surface area contributed by atoms with E-state index in [1.807, 2.05) is 19.1 Å². The van der Waals surface area contributed by atoms with Crippen LogP contribution in [-0.4, -0.2) is 32.2 Å². The van der Waals surface area contributed by atoms with Crippen molar-refractivity contribution in [3.63, 3.8) is 0 Å². The average molecular weight is 417 g/mol. The number of amides is 2. The van der Waals surface area contributed by atoms with Crippen LogP contribution >= 0.6 is 0 Å². The van der Waals surface area contributed by atoms with Crippen LogP contribution in [0.1, 0.15) is 31.8 Å². The van der Waals surface area contributed by atoms with E-state index in [0.29, 0.717) is 28.3 Å². The van der Waals surface area contributed by atoms with Crippen molar-refractivity contribution in [1.29, 1.82) is 0 Å². The number of methoxy groups -OCH3 is 2. The molecule has 0 saturated heterocycles. The smallest absolute Gasteiger partial charge is 0.273 e. The summed E-state index contributed by atoms with van der Waals surface area (Å²) in [5.41, 5.74) is 5.39. The molecule has 2 N–H and O–H groups in total. The second-order valence-electron chi connectivity index (χ2n) is 6.68. The number of nitrogens with one attached hydrogen (secondary N) is 2. The van der Waals surface area contributed by atoms with Gasteiger partial charge in [0.15, 0.2) is 11.5 Å². The lowest BCUT2D eigenvalue weighted by molar-refractivity contribution is 0.0956. The van der Waals surface area contributed by atoms with E-state index >= 15 is 0 Å². The molecule has 2 amide bonds. The van der Waals surface area contributed by atoms with E-state index in [4.69, 9.17) is 9.47 Å². The van der Waals surface area contributed by atoms with E-state index < -0.39 is 5.91 Å². The minimum atomic E-state index is -0.447. The molecule has 0 unspecified atom stereocenters. The van der Waals surface area contributed by atoms with Crippen LogP contribution < -0.4 is 20.2 Å². The molecular weight excluding hydrogens is 394 g/mol. The van der Waals surface area contributed by atoms with E-state index in [1.54, 1.807) is 68.8 Å². The van der Waals surface area contributed by atoms with Crippen molar-refractivity contribution < 1.29 is 19.1 Å². The van der Waals surface area contributed by atoms with Crippen molar-refractivity contribution in [2.75, 3.05) is 19.5 Å². The normalized spacial score (nSPS) is 10.5. The summed E-state index contributed by atoms with van der Waals surface area (Å²) in [6.45, 7) is 1.91. The van der Waals surface area contributed by atoms with Crippen LogP contribution in [0.3, 0.4) is 0 Å². The number of ether oxygens (including phenoxy) is 2. The van der Waals surface area contributed by atoms with Gasteiger partial charge < -0.3 is 14.8 Å². The third-order valence-corrected chi connectivity index (χ3v) is 4.49. The number of rotatable bonds is 7. The Labute approximate surface area is 180 Å². The molecule has 0 spiro atoms. The van der Waals surface area contributed by atoms with Crippen LogP contribution in [0.25, 0.3) is 0 Å². The van der Waals surface area contributed by atoms with Crippen LogP contribution in [0.15, 0.2) is 71.8 Å². The monoisotopic (exact) mass is 417 g/mol. The Balaban J connectivity index is 1.71. The quantitative estimate of drug-likeness (QED) is 0.449. The first-order chi connectivity index (χ1) is 15.0. The number of nitrogens with zero attached hydrogens (tertiary/aromatic N) is 1. The molecule has 7 heteroatoms. The van der Waals surface area contributed by atoms with Gasteiger partial charge in [-0.3, -0.25) is 9.59 Å². The zero-order valence-corrected chi connectivity index (χ0v) is 17.5. The van der Waals surface area contributed by atoms with E-state index in [2.05, 4.69) is 15.8 Å². The SMILES string of the molecule is COc1ccc(/C=N\NC(=O)c2ccccc2NC(=O)c2cccc(C)c2)cc1OC. The van der Waals surface area contributed by atoms with E-state index in [-0.39, 0.29) is 5.91 Å². The van der Waals surface area contributed by atoms with Gasteiger partial charge in [-0.2, -0.15) is 5.10 Å². The second-order valence-corrected chi connectivity index (χ2v) is 6.68. The molecule has 0 aromatic heterocycles. The number of carbonyl (C=O) groups excluding carboxylic acids is 2. The summed E-state index contributed by atoms with van der Waals surface area (Å²) in [7, 11) is 3.10. The summed E-state index contributed by atoms with van der Waals surface area (Å²) >= 11 is 0.